The molecule has 0 atom stereocenters. The summed E-state index contributed by atoms with van der Waals surface area (Å²) in [6.45, 7) is 2.28. The molecule has 1 aliphatic rings. The second kappa shape index (κ2) is 9.18. The standard InChI is InChI=1S/C25H23FN2O4/c1-15-6-7-17(10-22(15)26)12-27-23(29)21-11-18(13-28-24(21)32-14-16-8-9-16)19-4-2-3-5-20(19)25(30)31/h2-7,10-11,13,16H,8-9,12,14H2,1H3,(H,27,29)(H,30,31). The van der Waals surface area contributed by atoms with Gasteiger partial charge in [-0.25, -0.2) is 14.2 Å². The second-order valence-corrected chi connectivity index (χ2v) is 7.95. The van der Waals surface area contributed by atoms with Crippen molar-refractivity contribution < 1.29 is 23.8 Å². The summed E-state index contributed by atoms with van der Waals surface area (Å²) < 4.78 is 19.6. The van der Waals surface area contributed by atoms with Gasteiger partial charge < -0.3 is 15.2 Å². The van der Waals surface area contributed by atoms with E-state index >= 15 is 0 Å². The fourth-order valence-corrected chi connectivity index (χ4v) is 3.30. The molecule has 2 N–H and O–H groups in total. The lowest BCUT2D eigenvalue weighted by Crippen LogP contribution is -2.24. The van der Waals surface area contributed by atoms with E-state index in [-0.39, 0.29) is 29.4 Å². The first-order chi connectivity index (χ1) is 15.4. The molecule has 1 amide bonds. The number of hydrogen-bond acceptors (Lipinski definition) is 4. The Hall–Kier alpha value is -3.74. The van der Waals surface area contributed by atoms with Crippen LogP contribution in [-0.4, -0.2) is 28.6 Å². The summed E-state index contributed by atoms with van der Waals surface area (Å²) in [5.74, 6) is -1.17. The first kappa shape index (κ1) is 21.5. The summed E-state index contributed by atoms with van der Waals surface area (Å²) >= 11 is 0. The molecule has 164 valence electrons. The van der Waals surface area contributed by atoms with Gasteiger partial charge in [-0.2, -0.15) is 0 Å². The molecule has 6 nitrogen and oxygen atoms in total. The summed E-state index contributed by atoms with van der Waals surface area (Å²) in [5.41, 5.74) is 2.43. The highest BCUT2D eigenvalue weighted by Gasteiger charge is 2.24. The van der Waals surface area contributed by atoms with Gasteiger partial charge in [-0.15, -0.1) is 0 Å². The Bertz CT molecular complexity index is 1170. The van der Waals surface area contributed by atoms with Crippen molar-refractivity contribution in [2.45, 2.75) is 26.3 Å². The number of halogens is 1. The van der Waals surface area contributed by atoms with Crippen molar-refractivity contribution in [3.8, 4) is 17.0 Å². The smallest absolute Gasteiger partial charge is 0.336 e. The van der Waals surface area contributed by atoms with Crippen LogP contribution in [0.25, 0.3) is 11.1 Å². The maximum atomic E-state index is 13.8. The summed E-state index contributed by atoms with van der Waals surface area (Å²) in [5, 5.41) is 12.3. The molecule has 1 saturated carbocycles. The molecule has 0 unspecified atom stereocenters. The van der Waals surface area contributed by atoms with Gasteiger partial charge in [0.05, 0.1) is 12.2 Å². The highest BCUT2D eigenvalue weighted by molar-refractivity contribution is 5.99. The minimum Gasteiger partial charge on any atom is -0.478 e. The zero-order chi connectivity index (χ0) is 22.7. The summed E-state index contributed by atoms with van der Waals surface area (Å²) in [4.78, 5) is 29.0. The maximum Gasteiger partial charge on any atom is 0.336 e. The molecule has 1 fully saturated rings. The number of benzene rings is 2. The van der Waals surface area contributed by atoms with Crippen molar-refractivity contribution in [2.24, 2.45) is 5.92 Å². The summed E-state index contributed by atoms with van der Waals surface area (Å²) in [7, 11) is 0. The third kappa shape index (κ3) is 4.94. The van der Waals surface area contributed by atoms with Gasteiger partial charge in [0.15, 0.2) is 0 Å². The molecule has 4 rings (SSSR count). The molecule has 0 aliphatic heterocycles. The zero-order valence-electron chi connectivity index (χ0n) is 17.6. The molecule has 0 spiro atoms. The molecule has 1 aromatic heterocycles. The number of hydrogen-bond donors (Lipinski definition) is 2. The van der Waals surface area contributed by atoms with Gasteiger partial charge in [-0.05, 0) is 60.6 Å². The molecule has 3 aromatic rings. The van der Waals surface area contributed by atoms with E-state index in [4.69, 9.17) is 4.74 Å². The molecule has 32 heavy (non-hydrogen) atoms. The minimum atomic E-state index is -1.07. The molecular weight excluding hydrogens is 411 g/mol. The highest BCUT2D eigenvalue weighted by atomic mass is 19.1. The molecule has 0 bridgehead atoms. The largest absolute Gasteiger partial charge is 0.478 e. The average Bonchev–Trinajstić information content (AvgIpc) is 3.62. The van der Waals surface area contributed by atoms with E-state index in [0.29, 0.717) is 34.8 Å². The van der Waals surface area contributed by atoms with Crippen LogP contribution in [0.2, 0.25) is 0 Å². The number of carboxylic acids is 1. The summed E-state index contributed by atoms with van der Waals surface area (Å²) in [6.07, 6.45) is 3.69. The maximum absolute atomic E-state index is 13.8. The first-order valence-electron chi connectivity index (χ1n) is 10.4. The quantitative estimate of drug-likeness (QED) is 0.540. The fourth-order valence-electron chi connectivity index (χ4n) is 3.30. The van der Waals surface area contributed by atoms with Gasteiger partial charge in [-0.3, -0.25) is 4.79 Å². The zero-order valence-corrected chi connectivity index (χ0v) is 17.6. The number of ether oxygens (including phenoxy) is 1. The lowest BCUT2D eigenvalue weighted by atomic mass is 10.00. The normalized spacial score (nSPS) is 12.9. The Morgan fingerprint density at radius 3 is 2.66 bits per heavy atom. The number of carbonyl (C=O) groups excluding carboxylic acids is 1. The monoisotopic (exact) mass is 434 g/mol. The van der Waals surface area contributed by atoms with Crippen molar-refractivity contribution in [3.05, 3.63) is 82.8 Å². The van der Waals surface area contributed by atoms with Gasteiger partial charge in [0.2, 0.25) is 5.88 Å². The van der Waals surface area contributed by atoms with Crippen LogP contribution in [0.15, 0.2) is 54.7 Å². The van der Waals surface area contributed by atoms with Gasteiger partial charge in [0.1, 0.15) is 11.4 Å². The topological polar surface area (TPSA) is 88.5 Å². The van der Waals surface area contributed by atoms with Crippen LogP contribution >= 0.6 is 0 Å². The second-order valence-electron chi connectivity index (χ2n) is 7.95. The Balaban J connectivity index is 1.62. The SMILES string of the molecule is Cc1ccc(CNC(=O)c2cc(-c3ccccc3C(=O)O)cnc2OCC2CC2)cc1F. The fraction of sp³-hybridized carbons (Fsp3) is 0.240. The predicted molar refractivity (Wildman–Crippen MR) is 117 cm³/mol. The Labute approximate surface area is 185 Å². The van der Waals surface area contributed by atoms with Crippen LogP contribution in [0.5, 0.6) is 5.88 Å². The third-order valence-corrected chi connectivity index (χ3v) is 5.41. The number of amides is 1. The van der Waals surface area contributed by atoms with E-state index in [1.165, 1.54) is 18.3 Å². The van der Waals surface area contributed by atoms with Crippen LogP contribution in [0.4, 0.5) is 4.39 Å². The van der Waals surface area contributed by atoms with Crippen LogP contribution in [0, 0.1) is 18.7 Å². The third-order valence-electron chi connectivity index (χ3n) is 5.41. The molecule has 1 heterocycles. The number of aromatic carboxylic acids is 1. The Morgan fingerprint density at radius 2 is 1.94 bits per heavy atom. The van der Waals surface area contributed by atoms with Crippen molar-refractivity contribution in [1.29, 1.82) is 0 Å². The predicted octanol–water partition coefficient (Wildman–Crippen LogP) is 4.61. The lowest BCUT2D eigenvalue weighted by molar-refractivity contribution is 0.0697. The number of rotatable bonds is 8. The van der Waals surface area contributed by atoms with Gasteiger partial charge >= 0.3 is 5.97 Å². The molecule has 0 radical (unpaired) electrons. The van der Waals surface area contributed by atoms with Gasteiger partial charge in [0, 0.05) is 18.3 Å². The van der Waals surface area contributed by atoms with Crippen molar-refractivity contribution >= 4 is 11.9 Å². The number of aromatic nitrogens is 1. The average molecular weight is 434 g/mol. The van der Waals surface area contributed by atoms with E-state index < -0.39 is 11.9 Å². The number of nitrogens with zero attached hydrogens (tertiary/aromatic N) is 1. The number of carbonyl (C=O) groups is 2. The van der Waals surface area contributed by atoms with Gasteiger partial charge in [-0.1, -0.05) is 30.3 Å². The number of carboxylic acid groups (broad SMARTS) is 1. The van der Waals surface area contributed by atoms with Crippen molar-refractivity contribution in [3.63, 3.8) is 0 Å². The van der Waals surface area contributed by atoms with Crippen LogP contribution in [-0.2, 0) is 6.54 Å². The number of aryl methyl sites for hydroxylation is 1. The van der Waals surface area contributed by atoms with E-state index in [9.17, 15) is 19.1 Å². The molecule has 7 heteroatoms. The van der Waals surface area contributed by atoms with E-state index in [1.54, 1.807) is 43.3 Å². The van der Waals surface area contributed by atoms with Crippen LogP contribution < -0.4 is 10.1 Å². The van der Waals surface area contributed by atoms with Crippen molar-refractivity contribution in [2.75, 3.05) is 6.61 Å². The van der Waals surface area contributed by atoms with E-state index in [1.807, 2.05) is 0 Å². The van der Waals surface area contributed by atoms with Crippen LogP contribution in [0.3, 0.4) is 0 Å². The van der Waals surface area contributed by atoms with E-state index in [2.05, 4.69) is 10.3 Å². The Morgan fingerprint density at radius 1 is 1.16 bits per heavy atom. The molecule has 2 aromatic carbocycles. The number of nitrogens with one attached hydrogen (secondary N) is 1. The highest BCUT2D eigenvalue weighted by Crippen LogP contribution is 2.31. The van der Waals surface area contributed by atoms with Gasteiger partial charge in [0.25, 0.3) is 5.91 Å². The van der Waals surface area contributed by atoms with Crippen molar-refractivity contribution in [1.82, 2.24) is 10.3 Å². The minimum absolute atomic E-state index is 0.113. The first-order valence-corrected chi connectivity index (χ1v) is 10.4. The number of pyridine rings is 1. The molecule has 0 saturated heterocycles. The molecular formula is C25H23FN2O4. The lowest BCUT2D eigenvalue weighted by Gasteiger charge is -2.13. The Kier molecular flexibility index (Phi) is 6.16. The molecule has 1 aliphatic carbocycles. The van der Waals surface area contributed by atoms with Crippen LogP contribution in [0.1, 0.15) is 44.7 Å². The summed E-state index contributed by atoms with van der Waals surface area (Å²) in [6, 6.07) is 12.9. The van der Waals surface area contributed by atoms with E-state index in [0.717, 1.165) is 12.8 Å².